The number of rotatable bonds is 5. The highest BCUT2D eigenvalue weighted by Crippen LogP contribution is 2.18. The Morgan fingerprint density at radius 1 is 1.38 bits per heavy atom. The number of carboxylic acid groups (broad SMARTS) is 1. The number of carbonyl (C=O) groups is 3. The van der Waals surface area contributed by atoms with Gasteiger partial charge in [0, 0.05) is 39.6 Å². The number of hydrogen-bond acceptors (Lipinski definition) is 3. The third kappa shape index (κ3) is 5.61. The second-order valence-electron chi connectivity index (χ2n) is 5.80. The summed E-state index contributed by atoms with van der Waals surface area (Å²) in [5.74, 6) is -1.17. The molecule has 0 radical (unpaired) electrons. The minimum absolute atomic E-state index is 0.0390. The van der Waals surface area contributed by atoms with Gasteiger partial charge in [-0.1, -0.05) is 0 Å². The zero-order valence-electron chi connectivity index (χ0n) is 13.0. The number of carbonyl (C=O) groups excluding carboxylic acids is 2. The SMILES string of the molecule is CC(CCC(=O)O)NC(=O)C1CCCN(C(=O)N(C)C)C1. The lowest BCUT2D eigenvalue weighted by atomic mass is 9.97. The number of nitrogens with zero attached hydrogens (tertiary/aromatic N) is 2. The number of aliphatic carboxylic acids is 1. The molecule has 0 aromatic rings. The van der Waals surface area contributed by atoms with E-state index in [1.165, 1.54) is 4.90 Å². The minimum atomic E-state index is -0.864. The standard InChI is InChI=1S/C14H25N3O4/c1-10(6-7-12(18)19)15-13(20)11-5-4-8-17(9-11)14(21)16(2)3/h10-11H,4-9H2,1-3H3,(H,15,20)(H,18,19). The Bertz CT molecular complexity index is 398. The number of piperidine rings is 1. The molecule has 120 valence electrons. The average Bonchev–Trinajstić information content (AvgIpc) is 2.44. The van der Waals surface area contributed by atoms with Crippen LogP contribution in [0, 0.1) is 5.92 Å². The van der Waals surface area contributed by atoms with Crippen molar-refractivity contribution < 1.29 is 19.5 Å². The zero-order chi connectivity index (χ0) is 16.0. The van der Waals surface area contributed by atoms with E-state index in [2.05, 4.69) is 5.32 Å². The van der Waals surface area contributed by atoms with Gasteiger partial charge in [0.25, 0.3) is 0 Å². The van der Waals surface area contributed by atoms with Crippen molar-refractivity contribution in [3.05, 3.63) is 0 Å². The van der Waals surface area contributed by atoms with E-state index >= 15 is 0 Å². The highest BCUT2D eigenvalue weighted by Gasteiger charge is 2.29. The first-order valence-corrected chi connectivity index (χ1v) is 7.29. The van der Waals surface area contributed by atoms with Crippen molar-refractivity contribution >= 4 is 17.9 Å². The van der Waals surface area contributed by atoms with Crippen molar-refractivity contribution in [1.82, 2.24) is 15.1 Å². The summed E-state index contributed by atoms with van der Waals surface area (Å²) in [4.78, 5) is 37.8. The van der Waals surface area contributed by atoms with Gasteiger partial charge in [-0.3, -0.25) is 9.59 Å². The number of amides is 3. The predicted octanol–water partition coefficient (Wildman–Crippen LogP) is 0.750. The van der Waals surface area contributed by atoms with Crippen LogP contribution in [0.2, 0.25) is 0 Å². The van der Waals surface area contributed by atoms with Crippen molar-refractivity contribution in [3.8, 4) is 0 Å². The number of urea groups is 1. The van der Waals surface area contributed by atoms with Gasteiger partial charge in [0.05, 0.1) is 5.92 Å². The molecule has 0 aromatic carbocycles. The maximum atomic E-state index is 12.2. The van der Waals surface area contributed by atoms with Gasteiger partial charge in [-0.25, -0.2) is 4.79 Å². The molecule has 1 fully saturated rings. The predicted molar refractivity (Wildman–Crippen MR) is 77.9 cm³/mol. The molecular formula is C14H25N3O4. The molecule has 1 aliphatic heterocycles. The van der Waals surface area contributed by atoms with Crippen LogP contribution in [0.15, 0.2) is 0 Å². The smallest absolute Gasteiger partial charge is 0.319 e. The lowest BCUT2D eigenvalue weighted by Gasteiger charge is -2.34. The van der Waals surface area contributed by atoms with Gasteiger partial charge in [-0.05, 0) is 26.2 Å². The van der Waals surface area contributed by atoms with Crippen molar-refractivity contribution in [3.63, 3.8) is 0 Å². The maximum Gasteiger partial charge on any atom is 0.319 e. The first-order valence-electron chi connectivity index (χ1n) is 7.29. The molecule has 2 atom stereocenters. The largest absolute Gasteiger partial charge is 0.481 e. The van der Waals surface area contributed by atoms with Crippen molar-refractivity contribution in [2.75, 3.05) is 27.2 Å². The Hall–Kier alpha value is -1.79. The maximum absolute atomic E-state index is 12.2. The van der Waals surface area contributed by atoms with Crippen molar-refractivity contribution in [1.29, 1.82) is 0 Å². The summed E-state index contributed by atoms with van der Waals surface area (Å²) >= 11 is 0. The highest BCUT2D eigenvalue weighted by molar-refractivity contribution is 5.81. The lowest BCUT2D eigenvalue weighted by Crippen LogP contribution is -2.49. The first kappa shape index (κ1) is 17.3. The van der Waals surface area contributed by atoms with Crippen molar-refractivity contribution in [2.45, 2.75) is 38.6 Å². The van der Waals surface area contributed by atoms with Gasteiger partial charge in [0.1, 0.15) is 0 Å². The number of carboxylic acids is 1. The van der Waals surface area contributed by atoms with E-state index in [0.29, 0.717) is 19.5 Å². The number of hydrogen-bond donors (Lipinski definition) is 2. The van der Waals surface area contributed by atoms with Gasteiger partial charge < -0.3 is 20.2 Å². The molecule has 2 N–H and O–H groups in total. The van der Waals surface area contributed by atoms with E-state index < -0.39 is 5.97 Å². The van der Waals surface area contributed by atoms with Gasteiger partial charge in [0.2, 0.25) is 5.91 Å². The normalized spacial score (nSPS) is 19.8. The Morgan fingerprint density at radius 2 is 2.05 bits per heavy atom. The Kier molecular flexibility index (Phi) is 6.45. The summed E-state index contributed by atoms with van der Waals surface area (Å²) in [5, 5.41) is 11.5. The molecule has 1 heterocycles. The van der Waals surface area contributed by atoms with Gasteiger partial charge in [-0.15, -0.1) is 0 Å². The molecule has 1 aliphatic rings. The Morgan fingerprint density at radius 3 is 2.62 bits per heavy atom. The molecule has 21 heavy (non-hydrogen) atoms. The second-order valence-corrected chi connectivity index (χ2v) is 5.80. The fraction of sp³-hybridized carbons (Fsp3) is 0.786. The summed E-state index contributed by atoms with van der Waals surface area (Å²) in [7, 11) is 3.39. The highest BCUT2D eigenvalue weighted by atomic mass is 16.4. The number of likely N-dealkylation sites (tertiary alicyclic amines) is 1. The van der Waals surface area contributed by atoms with E-state index in [0.717, 1.165) is 12.8 Å². The fourth-order valence-corrected chi connectivity index (χ4v) is 2.42. The van der Waals surface area contributed by atoms with E-state index in [4.69, 9.17) is 5.11 Å². The lowest BCUT2D eigenvalue weighted by molar-refractivity contribution is -0.137. The monoisotopic (exact) mass is 299 g/mol. The van der Waals surface area contributed by atoms with Crippen LogP contribution in [0.5, 0.6) is 0 Å². The van der Waals surface area contributed by atoms with Crippen LogP contribution in [0.25, 0.3) is 0 Å². The average molecular weight is 299 g/mol. The molecule has 0 bridgehead atoms. The summed E-state index contributed by atoms with van der Waals surface area (Å²) < 4.78 is 0. The van der Waals surface area contributed by atoms with Crippen LogP contribution in [0.4, 0.5) is 4.79 Å². The van der Waals surface area contributed by atoms with Crippen LogP contribution in [0.3, 0.4) is 0 Å². The fourth-order valence-electron chi connectivity index (χ4n) is 2.42. The topological polar surface area (TPSA) is 90.0 Å². The Labute approximate surface area is 125 Å². The summed E-state index contributed by atoms with van der Waals surface area (Å²) in [5.41, 5.74) is 0. The molecule has 0 saturated carbocycles. The second kappa shape index (κ2) is 7.85. The quantitative estimate of drug-likeness (QED) is 0.784. The molecule has 1 saturated heterocycles. The molecule has 7 heteroatoms. The molecule has 3 amide bonds. The molecular weight excluding hydrogens is 274 g/mol. The molecule has 0 aromatic heterocycles. The van der Waals surface area contributed by atoms with Crippen LogP contribution in [-0.4, -0.2) is 66.0 Å². The summed E-state index contributed by atoms with van der Waals surface area (Å²) in [6.45, 7) is 2.90. The third-order valence-electron chi connectivity index (χ3n) is 3.63. The molecule has 1 rings (SSSR count). The van der Waals surface area contributed by atoms with Crippen LogP contribution >= 0.6 is 0 Å². The van der Waals surface area contributed by atoms with Gasteiger partial charge in [-0.2, -0.15) is 0 Å². The molecule has 7 nitrogen and oxygen atoms in total. The van der Waals surface area contributed by atoms with Crippen LogP contribution in [-0.2, 0) is 9.59 Å². The minimum Gasteiger partial charge on any atom is -0.481 e. The van der Waals surface area contributed by atoms with Crippen LogP contribution < -0.4 is 5.32 Å². The summed E-state index contributed by atoms with van der Waals surface area (Å²) in [6.07, 6.45) is 2.02. The molecule has 0 aliphatic carbocycles. The van der Waals surface area contributed by atoms with E-state index in [1.54, 1.807) is 25.9 Å². The van der Waals surface area contributed by atoms with Crippen molar-refractivity contribution in [2.24, 2.45) is 5.92 Å². The first-order chi connectivity index (χ1) is 9.81. The summed E-state index contributed by atoms with van der Waals surface area (Å²) in [6, 6.07) is -0.250. The van der Waals surface area contributed by atoms with E-state index in [-0.39, 0.29) is 30.3 Å². The van der Waals surface area contributed by atoms with Crippen LogP contribution in [0.1, 0.15) is 32.6 Å². The molecule has 2 unspecified atom stereocenters. The zero-order valence-corrected chi connectivity index (χ0v) is 13.0. The number of nitrogens with one attached hydrogen (secondary N) is 1. The molecule has 0 spiro atoms. The van der Waals surface area contributed by atoms with Gasteiger partial charge in [0.15, 0.2) is 0 Å². The Balaban J connectivity index is 2.46. The third-order valence-corrected chi connectivity index (χ3v) is 3.63. The van der Waals surface area contributed by atoms with E-state index in [9.17, 15) is 14.4 Å². The van der Waals surface area contributed by atoms with E-state index in [1.807, 2.05) is 0 Å². The van der Waals surface area contributed by atoms with Gasteiger partial charge >= 0.3 is 12.0 Å².